The third kappa shape index (κ3) is 11.7. The smallest absolute Gasteiger partial charge is 0.128 e. The molecule has 184 valence electrons. The molecule has 0 amide bonds. The van der Waals surface area contributed by atoms with Crippen molar-refractivity contribution in [2.45, 2.75) is 117 Å². The van der Waals surface area contributed by atoms with E-state index < -0.39 is 0 Å². The number of ether oxygens (including phenoxy) is 1. The number of unbranched alkanes of at least 4 members (excludes halogenated alkanes) is 10. The Morgan fingerprint density at radius 2 is 1.48 bits per heavy atom. The quantitative estimate of drug-likeness (QED) is 0.198. The minimum Gasteiger partial charge on any atom is -0.493 e. The molecular weight excluding hydrogens is 402 g/mol. The fourth-order valence-electron chi connectivity index (χ4n) is 4.38. The van der Waals surface area contributed by atoms with Crippen molar-refractivity contribution in [3.8, 4) is 17.0 Å². The summed E-state index contributed by atoms with van der Waals surface area (Å²) in [5, 5.41) is 0. The van der Waals surface area contributed by atoms with Crippen LogP contribution >= 0.6 is 0 Å². The molecule has 0 spiro atoms. The van der Waals surface area contributed by atoms with Gasteiger partial charge in [0.15, 0.2) is 0 Å². The second kappa shape index (κ2) is 17.6. The van der Waals surface area contributed by atoms with Gasteiger partial charge in [0, 0.05) is 11.8 Å². The number of para-hydroxylation sites is 1. The van der Waals surface area contributed by atoms with Gasteiger partial charge in [0.1, 0.15) is 5.75 Å². The van der Waals surface area contributed by atoms with Crippen LogP contribution in [0.4, 0.5) is 0 Å². The fraction of sp³-hybridized carbons (Fsp3) is 0.645. The predicted molar refractivity (Wildman–Crippen MR) is 144 cm³/mol. The Morgan fingerprint density at radius 1 is 0.788 bits per heavy atom. The summed E-state index contributed by atoms with van der Waals surface area (Å²) in [6.45, 7) is 7.68. The zero-order chi connectivity index (χ0) is 23.6. The van der Waals surface area contributed by atoms with Gasteiger partial charge in [-0.05, 0) is 61.4 Å². The maximum atomic E-state index is 6.17. The highest BCUT2D eigenvalue weighted by Crippen LogP contribution is 2.29. The van der Waals surface area contributed by atoms with Gasteiger partial charge in [-0.1, -0.05) is 104 Å². The highest BCUT2D eigenvalue weighted by atomic mass is 16.5. The van der Waals surface area contributed by atoms with Crippen molar-refractivity contribution in [3.63, 3.8) is 0 Å². The number of pyridine rings is 1. The van der Waals surface area contributed by atoms with E-state index in [4.69, 9.17) is 4.74 Å². The molecule has 2 nitrogen and oxygen atoms in total. The van der Waals surface area contributed by atoms with Gasteiger partial charge < -0.3 is 4.74 Å². The first-order chi connectivity index (χ1) is 16.2. The van der Waals surface area contributed by atoms with Crippen molar-refractivity contribution in [1.82, 2.24) is 4.98 Å². The van der Waals surface area contributed by atoms with E-state index in [0.29, 0.717) is 0 Å². The molecule has 0 N–H and O–H groups in total. The monoisotopic (exact) mass is 451 g/mol. The van der Waals surface area contributed by atoms with Gasteiger partial charge in [-0.3, -0.25) is 4.98 Å². The van der Waals surface area contributed by atoms with E-state index in [1.165, 1.54) is 89.0 Å². The van der Waals surface area contributed by atoms with E-state index >= 15 is 0 Å². The lowest BCUT2D eigenvalue weighted by Crippen LogP contribution is -2.01. The largest absolute Gasteiger partial charge is 0.493 e. The molecule has 0 aliphatic carbocycles. The molecule has 0 aliphatic rings. The molecule has 0 radical (unpaired) electrons. The molecule has 0 saturated carbocycles. The van der Waals surface area contributed by atoms with Gasteiger partial charge >= 0.3 is 0 Å². The molecule has 1 aromatic heterocycles. The zero-order valence-corrected chi connectivity index (χ0v) is 21.8. The molecular formula is C31H49NO. The molecule has 0 fully saturated rings. The highest BCUT2D eigenvalue weighted by Gasteiger charge is 2.08. The summed E-state index contributed by atoms with van der Waals surface area (Å²) in [5.74, 6) is 1.78. The van der Waals surface area contributed by atoms with Crippen molar-refractivity contribution < 1.29 is 4.74 Å². The van der Waals surface area contributed by atoms with E-state index in [0.717, 1.165) is 42.4 Å². The van der Waals surface area contributed by atoms with Gasteiger partial charge in [-0.15, -0.1) is 0 Å². The summed E-state index contributed by atoms with van der Waals surface area (Å²) in [5.41, 5.74) is 3.54. The second-order valence-corrected chi connectivity index (χ2v) is 9.84. The van der Waals surface area contributed by atoms with Crippen molar-refractivity contribution in [1.29, 1.82) is 0 Å². The topological polar surface area (TPSA) is 22.1 Å². The van der Waals surface area contributed by atoms with E-state index in [2.05, 4.69) is 62.2 Å². The molecule has 1 aromatic carbocycles. The van der Waals surface area contributed by atoms with Crippen LogP contribution in [0, 0.1) is 5.92 Å². The lowest BCUT2D eigenvalue weighted by atomic mass is 10.0. The van der Waals surface area contributed by atoms with Crippen LogP contribution in [0.1, 0.15) is 116 Å². The summed E-state index contributed by atoms with van der Waals surface area (Å²) in [7, 11) is 0. The van der Waals surface area contributed by atoms with Crippen molar-refractivity contribution >= 4 is 0 Å². The van der Waals surface area contributed by atoms with Gasteiger partial charge in [-0.25, -0.2) is 0 Å². The van der Waals surface area contributed by atoms with Gasteiger partial charge in [-0.2, -0.15) is 0 Å². The average molecular weight is 452 g/mol. The van der Waals surface area contributed by atoms with Crippen LogP contribution in [0.2, 0.25) is 0 Å². The Kier molecular flexibility index (Phi) is 14.6. The van der Waals surface area contributed by atoms with Crippen LogP contribution in [0.3, 0.4) is 0 Å². The molecule has 2 heteroatoms. The molecule has 0 bridgehead atoms. The molecule has 1 heterocycles. The molecule has 2 aromatic rings. The average Bonchev–Trinajstić information content (AvgIpc) is 2.85. The Labute approximate surface area is 204 Å². The van der Waals surface area contributed by atoms with Crippen LogP contribution in [-0.4, -0.2) is 11.6 Å². The summed E-state index contributed by atoms with van der Waals surface area (Å²) in [6.07, 6.45) is 21.8. The molecule has 33 heavy (non-hydrogen) atoms. The third-order valence-electron chi connectivity index (χ3n) is 6.85. The van der Waals surface area contributed by atoms with Crippen LogP contribution in [0.5, 0.6) is 5.75 Å². The Morgan fingerprint density at radius 3 is 2.21 bits per heavy atom. The summed E-state index contributed by atoms with van der Waals surface area (Å²) in [6, 6.07) is 12.8. The summed E-state index contributed by atoms with van der Waals surface area (Å²) in [4.78, 5) is 4.67. The SMILES string of the molecule is CCCCCCCCCCCCc1ccnc(-c2ccccc2OCCCCC(C)CC)c1. The molecule has 0 aliphatic heterocycles. The minimum absolute atomic E-state index is 0.783. The number of aryl methyl sites for hydroxylation is 1. The number of hydrogen-bond donors (Lipinski definition) is 0. The lowest BCUT2D eigenvalue weighted by molar-refractivity contribution is 0.301. The number of aromatic nitrogens is 1. The standard InChI is InChI=1S/C31H49NO/c1-4-6-7-8-9-10-11-12-13-14-20-28-23-24-32-30(26-28)29-21-15-16-22-31(29)33-25-18-17-19-27(3)5-2/h15-16,21-24,26-27H,4-14,17-20,25H2,1-3H3. The van der Waals surface area contributed by atoms with Crippen LogP contribution < -0.4 is 4.74 Å². The minimum atomic E-state index is 0.783. The molecule has 1 atom stereocenters. The van der Waals surface area contributed by atoms with Crippen LogP contribution in [0.25, 0.3) is 11.3 Å². The normalized spacial score (nSPS) is 12.1. The van der Waals surface area contributed by atoms with Gasteiger partial charge in [0.2, 0.25) is 0 Å². The van der Waals surface area contributed by atoms with Crippen molar-refractivity contribution in [3.05, 3.63) is 48.2 Å². The van der Waals surface area contributed by atoms with Gasteiger partial charge in [0.05, 0.1) is 12.3 Å². The lowest BCUT2D eigenvalue weighted by Gasteiger charge is -2.13. The Bertz CT molecular complexity index is 741. The second-order valence-electron chi connectivity index (χ2n) is 9.84. The first-order valence-electron chi connectivity index (χ1n) is 13.9. The van der Waals surface area contributed by atoms with Crippen molar-refractivity contribution in [2.75, 3.05) is 6.61 Å². The van der Waals surface area contributed by atoms with E-state index in [-0.39, 0.29) is 0 Å². The zero-order valence-electron chi connectivity index (χ0n) is 21.8. The molecule has 0 saturated heterocycles. The molecule has 1 unspecified atom stereocenters. The van der Waals surface area contributed by atoms with E-state index in [1.807, 2.05) is 6.20 Å². The highest BCUT2D eigenvalue weighted by molar-refractivity contribution is 5.67. The summed E-state index contributed by atoms with van der Waals surface area (Å²) >= 11 is 0. The fourth-order valence-corrected chi connectivity index (χ4v) is 4.38. The molecule has 2 rings (SSSR count). The number of rotatable bonds is 19. The maximum absolute atomic E-state index is 6.17. The van der Waals surface area contributed by atoms with E-state index in [9.17, 15) is 0 Å². The first kappa shape index (κ1) is 27.4. The van der Waals surface area contributed by atoms with Crippen LogP contribution in [-0.2, 0) is 6.42 Å². The number of nitrogens with zero attached hydrogens (tertiary/aromatic N) is 1. The maximum Gasteiger partial charge on any atom is 0.128 e. The Hall–Kier alpha value is -1.83. The van der Waals surface area contributed by atoms with Crippen molar-refractivity contribution in [2.24, 2.45) is 5.92 Å². The van der Waals surface area contributed by atoms with Crippen LogP contribution in [0.15, 0.2) is 42.6 Å². The van der Waals surface area contributed by atoms with E-state index in [1.54, 1.807) is 0 Å². The number of benzene rings is 1. The number of hydrogen-bond acceptors (Lipinski definition) is 2. The predicted octanol–water partition coefficient (Wildman–Crippen LogP) is 9.81. The summed E-state index contributed by atoms with van der Waals surface area (Å²) < 4.78 is 6.17. The Balaban J connectivity index is 1.74. The van der Waals surface area contributed by atoms with Gasteiger partial charge in [0.25, 0.3) is 0 Å². The third-order valence-corrected chi connectivity index (χ3v) is 6.85. The first-order valence-corrected chi connectivity index (χ1v) is 13.9.